The van der Waals surface area contributed by atoms with Crippen molar-refractivity contribution in [2.24, 2.45) is 0 Å². The van der Waals surface area contributed by atoms with Gasteiger partial charge in [0.15, 0.2) is 8.07 Å². The molecule has 0 aliphatic carbocycles. The fourth-order valence-corrected chi connectivity index (χ4v) is 20.6. The Morgan fingerprint density at radius 3 is 1.68 bits per heavy atom. The molecule has 6 heteroatoms. The highest BCUT2D eigenvalue weighted by Crippen LogP contribution is 2.46. The maximum absolute atomic E-state index is 2.88. The molecule has 8 aromatic carbocycles. The number of nitrogens with zero attached hydrogens (tertiary/aromatic N) is 2. The Labute approximate surface area is 366 Å². The van der Waals surface area contributed by atoms with Gasteiger partial charge >= 0.3 is 0 Å². The molecule has 4 aliphatic heterocycles. The molecule has 0 bridgehead atoms. The second-order valence-electron chi connectivity index (χ2n) is 20.4. The van der Waals surface area contributed by atoms with Crippen LogP contribution >= 0.6 is 0 Å². The Kier molecular flexibility index (Phi) is 6.65. The molecule has 1 spiro atoms. The van der Waals surface area contributed by atoms with Crippen molar-refractivity contribution in [3.63, 3.8) is 0 Å². The fourth-order valence-electron chi connectivity index (χ4n) is 12.6. The molecule has 0 N–H and O–H groups in total. The lowest BCUT2D eigenvalue weighted by Gasteiger charge is -2.43. The lowest BCUT2D eigenvalue weighted by Crippen LogP contribution is -2.77. The molecule has 62 heavy (non-hydrogen) atoms. The van der Waals surface area contributed by atoms with Gasteiger partial charge in [-0.15, -0.1) is 0 Å². The number of hydrogen-bond acceptors (Lipinski definition) is 0. The van der Waals surface area contributed by atoms with E-state index in [0.29, 0.717) is 0 Å². The van der Waals surface area contributed by atoms with Gasteiger partial charge in [-0.2, -0.15) is 0 Å². The SMILES string of the molecule is C[Si](C)(C)c1cc2c3c(c1)c1cc([Si](C)(C)C)cc4c1n3-c1c(ccc3c1B2c1cccc2c(-c5ccccc5)c(-c5ccccc5)n-3c12)[Si]41c2ccccc2-c2ccccc21. The lowest BCUT2D eigenvalue weighted by atomic mass is 9.34. The summed E-state index contributed by atoms with van der Waals surface area (Å²) in [7, 11) is -6.45. The molecule has 4 aliphatic rings. The van der Waals surface area contributed by atoms with Gasteiger partial charge in [0.05, 0.1) is 27.4 Å². The van der Waals surface area contributed by atoms with Crippen molar-refractivity contribution >= 4 is 111 Å². The molecule has 294 valence electrons. The molecular weight excluding hydrogens is 796 g/mol. The average Bonchev–Trinajstić information content (AvgIpc) is 3.91. The van der Waals surface area contributed by atoms with Gasteiger partial charge in [0.1, 0.15) is 0 Å². The van der Waals surface area contributed by atoms with Crippen molar-refractivity contribution in [1.29, 1.82) is 0 Å². The third-order valence-electron chi connectivity index (χ3n) is 15.2. The van der Waals surface area contributed by atoms with E-state index in [9.17, 15) is 0 Å². The normalized spacial score (nSPS) is 14.7. The number of hydrogen-bond donors (Lipinski definition) is 0. The Morgan fingerprint density at radius 2 is 1.02 bits per heavy atom. The van der Waals surface area contributed by atoms with Crippen molar-refractivity contribution in [3.05, 3.63) is 164 Å². The van der Waals surface area contributed by atoms with E-state index in [1.54, 1.807) is 31.1 Å². The van der Waals surface area contributed by atoms with Crippen molar-refractivity contribution in [2.75, 3.05) is 0 Å². The third-order valence-corrected chi connectivity index (χ3v) is 24.1. The molecule has 6 heterocycles. The van der Waals surface area contributed by atoms with Crippen molar-refractivity contribution in [1.82, 2.24) is 9.13 Å². The molecule has 14 rings (SSSR count). The monoisotopic (exact) mass is 840 g/mol. The van der Waals surface area contributed by atoms with Gasteiger partial charge in [0, 0.05) is 44.1 Å². The van der Waals surface area contributed by atoms with Crippen LogP contribution in [0.2, 0.25) is 39.3 Å². The van der Waals surface area contributed by atoms with E-state index < -0.39 is 24.2 Å². The van der Waals surface area contributed by atoms with E-state index in [2.05, 4.69) is 212 Å². The van der Waals surface area contributed by atoms with Crippen molar-refractivity contribution < 1.29 is 0 Å². The minimum absolute atomic E-state index is 0.0878. The molecule has 2 nitrogen and oxygen atoms in total. The number of benzene rings is 8. The van der Waals surface area contributed by atoms with Gasteiger partial charge in [0.25, 0.3) is 6.71 Å². The topological polar surface area (TPSA) is 9.86 Å². The van der Waals surface area contributed by atoms with Crippen LogP contribution in [0.4, 0.5) is 0 Å². The molecule has 0 unspecified atom stereocenters. The van der Waals surface area contributed by atoms with E-state index in [-0.39, 0.29) is 6.71 Å². The van der Waals surface area contributed by atoms with Gasteiger partial charge in [-0.25, -0.2) is 0 Å². The van der Waals surface area contributed by atoms with Gasteiger partial charge in [0.2, 0.25) is 0 Å². The zero-order valence-electron chi connectivity index (χ0n) is 36.1. The van der Waals surface area contributed by atoms with Gasteiger partial charge in [-0.1, -0.05) is 207 Å². The van der Waals surface area contributed by atoms with Crippen LogP contribution in [0.15, 0.2) is 164 Å². The smallest absolute Gasteiger partial charge is 0.252 e. The summed E-state index contributed by atoms with van der Waals surface area (Å²) in [5.74, 6) is 0. The molecule has 0 radical (unpaired) electrons. The summed E-state index contributed by atoms with van der Waals surface area (Å²) in [6.45, 7) is 15.3. The summed E-state index contributed by atoms with van der Waals surface area (Å²) in [6, 6.07) is 64.5. The van der Waals surface area contributed by atoms with Crippen LogP contribution in [0, 0.1) is 0 Å². The van der Waals surface area contributed by atoms with Gasteiger partial charge in [-0.3, -0.25) is 0 Å². The summed E-state index contributed by atoms with van der Waals surface area (Å²) >= 11 is 0. The van der Waals surface area contributed by atoms with Crippen LogP contribution in [0.25, 0.3) is 77.6 Å². The summed E-state index contributed by atoms with van der Waals surface area (Å²) < 4.78 is 5.51. The maximum atomic E-state index is 2.82. The van der Waals surface area contributed by atoms with E-state index >= 15 is 0 Å². The molecule has 0 amide bonds. The summed E-state index contributed by atoms with van der Waals surface area (Å²) in [6.07, 6.45) is 0. The van der Waals surface area contributed by atoms with E-state index in [0.717, 1.165) is 0 Å². The molecule has 0 saturated heterocycles. The lowest BCUT2D eigenvalue weighted by molar-refractivity contribution is 1.12. The first-order valence-corrected chi connectivity index (χ1v) is 31.4. The highest BCUT2D eigenvalue weighted by Gasteiger charge is 2.56. The van der Waals surface area contributed by atoms with Crippen LogP contribution in [-0.4, -0.2) is 40.1 Å². The van der Waals surface area contributed by atoms with E-state index in [1.807, 2.05) is 0 Å². The minimum Gasteiger partial charge on any atom is -0.310 e. The Morgan fingerprint density at radius 1 is 0.435 bits per heavy atom. The van der Waals surface area contributed by atoms with Crippen molar-refractivity contribution in [3.8, 4) is 44.9 Å². The Bertz CT molecular complexity index is 3610. The highest BCUT2D eigenvalue weighted by molar-refractivity contribution is 7.24. The number of para-hydroxylation sites is 1. The largest absolute Gasteiger partial charge is 0.310 e. The van der Waals surface area contributed by atoms with Crippen LogP contribution in [-0.2, 0) is 0 Å². The number of aromatic nitrogens is 2. The second kappa shape index (κ2) is 11.6. The van der Waals surface area contributed by atoms with Crippen LogP contribution in [0.1, 0.15) is 0 Å². The highest BCUT2D eigenvalue weighted by atomic mass is 28.3. The zero-order valence-corrected chi connectivity index (χ0v) is 39.1. The first-order valence-electron chi connectivity index (χ1n) is 22.4. The van der Waals surface area contributed by atoms with E-state index in [1.165, 1.54) is 94.0 Å². The summed E-state index contributed by atoms with van der Waals surface area (Å²) in [5.41, 5.74) is 19.3. The predicted molar refractivity (Wildman–Crippen MR) is 275 cm³/mol. The number of rotatable bonds is 4. The third kappa shape index (κ3) is 4.12. The fraction of sp³-hybridized carbons (Fsp3) is 0.107. The average molecular weight is 841 g/mol. The molecule has 2 aromatic heterocycles. The van der Waals surface area contributed by atoms with Crippen LogP contribution < -0.4 is 47.5 Å². The van der Waals surface area contributed by atoms with Gasteiger partial charge < -0.3 is 9.13 Å². The molecule has 0 fully saturated rings. The van der Waals surface area contributed by atoms with Crippen molar-refractivity contribution in [2.45, 2.75) is 39.3 Å². The quantitative estimate of drug-likeness (QED) is 0.159. The molecule has 10 aromatic rings. The Hall–Kier alpha value is -6.18. The zero-order chi connectivity index (χ0) is 41.6. The molecule has 0 atom stereocenters. The molecule has 0 saturated carbocycles. The first kappa shape index (κ1) is 35.4. The maximum Gasteiger partial charge on any atom is 0.252 e. The summed E-state index contributed by atoms with van der Waals surface area (Å²) in [5, 5.41) is 13.6. The molecular formula is C56H45BN2Si3. The standard InChI is InChI=1S/C56H45BN2Si3/c1-60(2,3)36-30-41-42-31-37(61(4,5)6)33-49-55(42)59-54(41)44(32-36)57-43-25-17-24-40-50(34-18-9-7-10-19-34)52(35-20-11-8-12-21-35)58(53(40)43)45-28-29-48(56(59)51(45)57)62(49)46-26-15-13-22-38(46)39-23-14-16-27-47(39)62/h7-33H,1-6H3. The predicted octanol–water partition coefficient (Wildman–Crippen LogP) is 7.97. The summed E-state index contributed by atoms with van der Waals surface area (Å²) in [4.78, 5) is 0. The Balaban J connectivity index is 1.26. The second-order valence-corrected chi connectivity index (χ2v) is 34.2. The first-order chi connectivity index (χ1) is 30.1. The van der Waals surface area contributed by atoms with Crippen LogP contribution in [0.3, 0.4) is 0 Å². The minimum atomic E-state index is -2.88. The van der Waals surface area contributed by atoms with E-state index in [4.69, 9.17) is 0 Å². The number of fused-ring (bicyclic) bond motifs is 11. The van der Waals surface area contributed by atoms with Crippen LogP contribution in [0.5, 0.6) is 0 Å². The van der Waals surface area contributed by atoms with Gasteiger partial charge in [-0.05, 0) is 65.5 Å².